The van der Waals surface area contributed by atoms with Gasteiger partial charge in [-0.05, 0) is 75.1 Å². The number of amides is 2. The zero-order chi connectivity index (χ0) is 18.8. The molecule has 2 atom stereocenters. The van der Waals surface area contributed by atoms with Crippen LogP contribution in [0.4, 0.5) is 5.69 Å². The number of rotatable bonds is 5. The van der Waals surface area contributed by atoms with Crippen LogP contribution in [-0.2, 0) is 4.79 Å². The van der Waals surface area contributed by atoms with Gasteiger partial charge in [-0.3, -0.25) is 9.59 Å². The summed E-state index contributed by atoms with van der Waals surface area (Å²) < 4.78 is 0. The molecular formula is C22H31N3O2. The van der Waals surface area contributed by atoms with Crippen LogP contribution < -0.4 is 16.0 Å². The summed E-state index contributed by atoms with van der Waals surface area (Å²) in [6, 6.07) is 7.10. The zero-order valence-corrected chi connectivity index (χ0v) is 16.2. The number of hydrogen-bond donors (Lipinski definition) is 3. The molecule has 3 aliphatic rings. The topological polar surface area (TPSA) is 70.2 Å². The van der Waals surface area contributed by atoms with Crippen molar-refractivity contribution in [2.24, 2.45) is 5.92 Å². The third kappa shape index (κ3) is 4.52. The van der Waals surface area contributed by atoms with Gasteiger partial charge in [0.2, 0.25) is 5.91 Å². The van der Waals surface area contributed by atoms with E-state index < -0.39 is 0 Å². The molecule has 0 spiro atoms. The fourth-order valence-corrected chi connectivity index (χ4v) is 5.09. The first-order chi connectivity index (χ1) is 13.1. The summed E-state index contributed by atoms with van der Waals surface area (Å²) >= 11 is 0. The fraction of sp³-hybridized carbons (Fsp3) is 0.636. The van der Waals surface area contributed by atoms with Gasteiger partial charge in [-0.25, -0.2) is 0 Å². The van der Waals surface area contributed by atoms with Gasteiger partial charge in [0.05, 0.1) is 0 Å². The molecule has 5 nitrogen and oxygen atoms in total. The summed E-state index contributed by atoms with van der Waals surface area (Å²) in [5, 5.41) is 9.80. The molecule has 2 amide bonds. The number of hydrogen-bond acceptors (Lipinski definition) is 3. The lowest BCUT2D eigenvalue weighted by Gasteiger charge is -2.28. The second-order valence-corrected chi connectivity index (χ2v) is 8.71. The van der Waals surface area contributed by atoms with Crippen LogP contribution in [0.1, 0.15) is 73.7 Å². The fourth-order valence-electron chi connectivity index (χ4n) is 5.09. The smallest absolute Gasteiger partial charge is 0.251 e. The molecule has 1 saturated carbocycles. The second-order valence-electron chi connectivity index (χ2n) is 8.71. The molecule has 2 heterocycles. The highest BCUT2D eigenvalue weighted by Gasteiger charge is 2.34. The van der Waals surface area contributed by atoms with Crippen LogP contribution in [0.25, 0.3) is 0 Å². The Morgan fingerprint density at radius 2 is 1.78 bits per heavy atom. The van der Waals surface area contributed by atoms with Crippen LogP contribution in [0.2, 0.25) is 0 Å². The van der Waals surface area contributed by atoms with E-state index in [-0.39, 0.29) is 11.8 Å². The first kappa shape index (κ1) is 18.5. The minimum absolute atomic E-state index is 0.00643. The average molecular weight is 370 g/mol. The van der Waals surface area contributed by atoms with Gasteiger partial charge in [0, 0.05) is 35.8 Å². The molecule has 0 aromatic heterocycles. The largest absolute Gasteiger partial charge is 0.349 e. The molecule has 1 aromatic rings. The molecule has 27 heavy (non-hydrogen) atoms. The van der Waals surface area contributed by atoms with Crippen LogP contribution in [0.3, 0.4) is 0 Å². The SMILES string of the molecule is Cc1cc(C(=O)NC2CCCC2)ccc1NC(=O)CC1CC2CCC(C1)N2. The van der Waals surface area contributed by atoms with Crippen LogP contribution in [0.5, 0.6) is 0 Å². The number of benzene rings is 1. The van der Waals surface area contributed by atoms with Crippen LogP contribution in [0, 0.1) is 12.8 Å². The molecule has 0 radical (unpaired) electrons. The van der Waals surface area contributed by atoms with Crippen molar-refractivity contribution >= 4 is 17.5 Å². The summed E-state index contributed by atoms with van der Waals surface area (Å²) in [6.45, 7) is 1.95. The normalized spacial score (nSPS) is 27.5. The molecule has 2 unspecified atom stereocenters. The van der Waals surface area contributed by atoms with Crippen molar-refractivity contribution in [1.29, 1.82) is 0 Å². The highest BCUT2D eigenvalue weighted by Crippen LogP contribution is 2.33. The van der Waals surface area contributed by atoms with Gasteiger partial charge in [-0.2, -0.15) is 0 Å². The Balaban J connectivity index is 1.32. The number of anilines is 1. The number of fused-ring (bicyclic) bond motifs is 2. The van der Waals surface area contributed by atoms with E-state index >= 15 is 0 Å². The minimum atomic E-state index is -0.00643. The second kappa shape index (κ2) is 8.01. The number of carbonyl (C=O) groups is 2. The molecule has 3 fully saturated rings. The van der Waals surface area contributed by atoms with Gasteiger partial charge in [-0.1, -0.05) is 12.8 Å². The van der Waals surface area contributed by atoms with Crippen molar-refractivity contribution in [3.8, 4) is 0 Å². The summed E-state index contributed by atoms with van der Waals surface area (Å²) in [5.41, 5.74) is 2.43. The lowest BCUT2D eigenvalue weighted by molar-refractivity contribution is -0.117. The molecule has 2 saturated heterocycles. The van der Waals surface area contributed by atoms with E-state index in [1.54, 1.807) is 0 Å². The van der Waals surface area contributed by atoms with Gasteiger partial charge in [0.1, 0.15) is 0 Å². The summed E-state index contributed by atoms with van der Waals surface area (Å²) in [5.74, 6) is 0.570. The Morgan fingerprint density at radius 1 is 1.07 bits per heavy atom. The summed E-state index contributed by atoms with van der Waals surface area (Å²) in [6.07, 6.45) is 9.90. The first-order valence-corrected chi connectivity index (χ1v) is 10.5. The molecule has 1 aliphatic carbocycles. The molecule has 146 valence electrons. The first-order valence-electron chi connectivity index (χ1n) is 10.5. The van der Waals surface area contributed by atoms with Crippen LogP contribution >= 0.6 is 0 Å². The van der Waals surface area contributed by atoms with E-state index in [1.165, 1.54) is 25.7 Å². The Labute approximate surface area is 161 Å². The number of aryl methyl sites for hydroxylation is 1. The number of carbonyl (C=O) groups excluding carboxylic acids is 2. The summed E-state index contributed by atoms with van der Waals surface area (Å²) in [4.78, 5) is 24.9. The highest BCUT2D eigenvalue weighted by atomic mass is 16.2. The van der Waals surface area contributed by atoms with Crippen molar-refractivity contribution in [2.75, 3.05) is 5.32 Å². The van der Waals surface area contributed by atoms with Crippen LogP contribution in [0.15, 0.2) is 18.2 Å². The monoisotopic (exact) mass is 369 g/mol. The summed E-state index contributed by atoms with van der Waals surface area (Å²) in [7, 11) is 0. The van der Waals surface area contributed by atoms with Gasteiger partial charge < -0.3 is 16.0 Å². The maximum Gasteiger partial charge on any atom is 0.251 e. The average Bonchev–Trinajstić information content (AvgIpc) is 3.26. The molecule has 1 aromatic carbocycles. The van der Waals surface area contributed by atoms with Gasteiger partial charge in [0.15, 0.2) is 0 Å². The molecule has 3 N–H and O–H groups in total. The maximum atomic E-state index is 12.5. The highest BCUT2D eigenvalue weighted by molar-refractivity contribution is 5.96. The van der Waals surface area contributed by atoms with Crippen molar-refractivity contribution in [1.82, 2.24) is 10.6 Å². The Bertz CT molecular complexity index is 700. The van der Waals surface area contributed by atoms with E-state index in [2.05, 4.69) is 16.0 Å². The van der Waals surface area contributed by atoms with E-state index in [1.807, 2.05) is 25.1 Å². The molecular weight excluding hydrogens is 338 g/mol. The molecule has 5 heteroatoms. The van der Waals surface area contributed by atoms with Crippen molar-refractivity contribution < 1.29 is 9.59 Å². The van der Waals surface area contributed by atoms with E-state index in [4.69, 9.17) is 0 Å². The maximum absolute atomic E-state index is 12.5. The number of piperidine rings is 1. The standard InChI is InChI=1S/C22H31N3O2/c1-14-10-16(22(27)24-17-4-2-3-5-17)6-9-20(14)25-21(26)13-15-11-18-7-8-19(12-15)23-18/h6,9-10,15,17-19,23H,2-5,7-8,11-13H2,1H3,(H,24,27)(H,25,26). The van der Waals surface area contributed by atoms with E-state index in [0.29, 0.717) is 36.0 Å². The molecule has 4 rings (SSSR count). The predicted octanol–water partition coefficient (Wildman–Crippen LogP) is 3.53. The number of nitrogens with one attached hydrogen (secondary N) is 3. The van der Waals surface area contributed by atoms with Gasteiger partial charge >= 0.3 is 0 Å². The van der Waals surface area contributed by atoms with Crippen molar-refractivity contribution in [3.63, 3.8) is 0 Å². The Kier molecular flexibility index (Phi) is 5.48. The van der Waals surface area contributed by atoms with Crippen molar-refractivity contribution in [3.05, 3.63) is 29.3 Å². The van der Waals surface area contributed by atoms with Gasteiger partial charge in [-0.15, -0.1) is 0 Å². The lowest BCUT2D eigenvalue weighted by atomic mass is 9.89. The third-order valence-corrected chi connectivity index (χ3v) is 6.50. The zero-order valence-electron chi connectivity index (χ0n) is 16.2. The van der Waals surface area contributed by atoms with E-state index in [0.717, 1.165) is 36.9 Å². The molecule has 2 aliphatic heterocycles. The Morgan fingerprint density at radius 3 is 2.44 bits per heavy atom. The predicted molar refractivity (Wildman–Crippen MR) is 107 cm³/mol. The van der Waals surface area contributed by atoms with Gasteiger partial charge in [0.25, 0.3) is 5.91 Å². The van der Waals surface area contributed by atoms with Crippen LogP contribution in [-0.4, -0.2) is 29.9 Å². The Hall–Kier alpha value is -1.88. The third-order valence-electron chi connectivity index (χ3n) is 6.50. The lowest BCUT2D eigenvalue weighted by Crippen LogP contribution is -2.39. The van der Waals surface area contributed by atoms with E-state index in [9.17, 15) is 9.59 Å². The quantitative estimate of drug-likeness (QED) is 0.744. The minimum Gasteiger partial charge on any atom is -0.349 e. The van der Waals surface area contributed by atoms with Crippen molar-refractivity contribution in [2.45, 2.75) is 82.8 Å². The molecule has 2 bridgehead atoms.